The van der Waals surface area contributed by atoms with Gasteiger partial charge in [-0.15, -0.1) is 11.3 Å². The van der Waals surface area contributed by atoms with Crippen molar-refractivity contribution in [1.29, 1.82) is 0 Å². The molecule has 0 amide bonds. The topological polar surface area (TPSA) is 21.3 Å². The van der Waals surface area contributed by atoms with Crippen LogP contribution in [0.4, 0.5) is 0 Å². The number of thiophene rings is 2. The molecule has 2 nitrogen and oxygen atoms in total. The van der Waals surface area contributed by atoms with E-state index in [4.69, 9.17) is 4.74 Å². The average Bonchev–Trinajstić information content (AvgIpc) is 2.97. The number of rotatable bonds is 5. The number of nitrogens with one attached hydrogen (secondary N) is 1. The molecule has 2 aromatic heterocycles. The van der Waals surface area contributed by atoms with Gasteiger partial charge in [0.05, 0.1) is 13.2 Å². The third-order valence-corrected chi connectivity index (χ3v) is 4.08. The predicted molar refractivity (Wildman–Crippen MR) is 70.7 cm³/mol. The van der Waals surface area contributed by atoms with E-state index in [0.717, 1.165) is 12.3 Å². The normalized spacial score (nSPS) is 12.6. The van der Waals surface area contributed by atoms with Crippen molar-refractivity contribution in [3.05, 3.63) is 38.7 Å². The van der Waals surface area contributed by atoms with E-state index in [0.29, 0.717) is 6.04 Å². The van der Waals surface area contributed by atoms with E-state index >= 15 is 0 Å². The largest absolute Gasteiger partial charge is 0.496 e. The van der Waals surface area contributed by atoms with E-state index in [1.165, 1.54) is 10.4 Å². The molecule has 16 heavy (non-hydrogen) atoms. The third kappa shape index (κ3) is 2.45. The summed E-state index contributed by atoms with van der Waals surface area (Å²) in [5.41, 5.74) is 1.33. The first-order chi connectivity index (χ1) is 7.85. The van der Waals surface area contributed by atoms with Crippen LogP contribution in [-0.4, -0.2) is 13.7 Å². The summed E-state index contributed by atoms with van der Waals surface area (Å²) in [6.45, 7) is 3.09. The molecule has 2 aromatic rings. The first-order valence-electron chi connectivity index (χ1n) is 5.23. The van der Waals surface area contributed by atoms with E-state index in [2.05, 4.69) is 35.1 Å². The first-order valence-corrected chi connectivity index (χ1v) is 7.05. The van der Waals surface area contributed by atoms with Gasteiger partial charge in [-0.2, -0.15) is 11.3 Å². The molecule has 1 unspecified atom stereocenters. The highest BCUT2D eigenvalue weighted by Crippen LogP contribution is 2.31. The van der Waals surface area contributed by atoms with Crippen LogP contribution in [0.1, 0.15) is 23.4 Å². The molecular weight excluding hydrogens is 238 g/mol. The fraction of sp³-hybridized carbons (Fsp3) is 0.333. The molecule has 0 radical (unpaired) electrons. The second kappa shape index (κ2) is 5.48. The van der Waals surface area contributed by atoms with Gasteiger partial charge in [-0.05, 0) is 35.0 Å². The van der Waals surface area contributed by atoms with Crippen molar-refractivity contribution in [2.24, 2.45) is 0 Å². The van der Waals surface area contributed by atoms with Crippen LogP contribution >= 0.6 is 22.7 Å². The number of hydrogen-bond donors (Lipinski definition) is 1. The van der Waals surface area contributed by atoms with Crippen molar-refractivity contribution in [1.82, 2.24) is 5.32 Å². The predicted octanol–water partition coefficient (Wildman–Crippen LogP) is 3.52. The Bertz CT molecular complexity index is 422. The molecule has 0 spiro atoms. The molecule has 0 aliphatic carbocycles. The Kier molecular flexibility index (Phi) is 3.98. The Hall–Kier alpha value is -0.840. The Morgan fingerprint density at radius 1 is 1.44 bits per heavy atom. The minimum atomic E-state index is 0.296. The van der Waals surface area contributed by atoms with Gasteiger partial charge in [0.25, 0.3) is 0 Å². The molecular formula is C12H15NOS2. The summed E-state index contributed by atoms with van der Waals surface area (Å²) in [5.74, 6) is 0.943. The molecule has 0 bridgehead atoms. The maximum absolute atomic E-state index is 5.23. The summed E-state index contributed by atoms with van der Waals surface area (Å²) in [6, 6.07) is 4.57. The Balaban J connectivity index is 2.25. The molecule has 0 saturated heterocycles. The molecule has 0 fully saturated rings. The summed E-state index contributed by atoms with van der Waals surface area (Å²) in [4.78, 5) is 1.30. The highest BCUT2D eigenvalue weighted by atomic mass is 32.1. The van der Waals surface area contributed by atoms with Crippen LogP contribution < -0.4 is 10.1 Å². The van der Waals surface area contributed by atoms with Crippen molar-refractivity contribution in [3.8, 4) is 5.75 Å². The molecule has 86 valence electrons. The second-order valence-electron chi connectivity index (χ2n) is 3.44. The van der Waals surface area contributed by atoms with Crippen molar-refractivity contribution >= 4 is 22.7 Å². The number of hydrogen-bond acceptors (Lipinski definition) is 4. The lowest BCUT2D eigenvalue weighted by Gasteiger charge is -2.14. The molecule has 2 heterocycles. The smallest absolute Gasteiger partial charge is 0.129 e. The van der Waals surface area contributed by atoms with Gasteiger partial charge in [0, 0.05) is 10.3 Å². The minimum absolute atomic E-state index is 0.296. The Morgan fingerprint density at radius 3 is 2.88 bits per heavy atom. The van der Waals surface area contributed by atoms with E-state index < -0.39 is 0 Å². The Labute approximate surface area is 104 Å². The quantitative estimate of drug-likeness (QED) is 0.880. The average molecular weight is 253 g/mol. The van der Waals surface area contributed by atoms with E-state index in [1.54, 1.807) is 29.8 Å². The van der Waals surface area contributed by atoms with Crippen LogP contribution in [0, 0.1) is 0 Å². The molecule has 2 rings (SSSR count). The molecule has 0 aromatic carbocycles. The lowest BCUT2D eigenvalue weighted by molar-refractivity contribution is 0.416. The summed E-state index contributed by atoms with van der Waals surface area (Å²) in [6.07, 6.45) is 0. The number of methoxy groups -OCH3 is 1. The van der Waals surface area contributed by atoms with Crippen LogP contribution in [0.2, 0.25) is 0 Å². The van der Waals surface area contributed by atoms with Gasteiger partial charge >= 0.3 is 0 Å². The van der Waals surface area contributed by atoms with E-state index in [-0.39, 0.29) is 0 Å². The fourth-order valence-corrected chi connectivity index (χ4v) is 3.26. The highest BCUT2D eigenvalue weighted by molar-refractivity contribution is 7.10. The van der Waals surface area contributed by atoms with Gasteiger partial charge in [0.2, 0.25) is 0 Å². The standard InChI is InChI=1S/C12H15NOS2/c1-3-13-12(9-4-5-15-7-9)11-6-10(14-2)8-16-11/h4-8,12-13H,3H2,1-2H3. The zero-order chi connectivity index (χ0) is 11.4. The van der Waals surface area contributed by atoms with Gasteiger partial charge in [-0.1, -0.05) is 6.92 Å². The first kappa shape index (κ1) is 11.6. The number of ether oxygens (including phenoxy) is 1. The van der Waals surface area contributed by atoms with Crippen molar-refractivity contribution in [3.63, 3.8) is 0 Å². The maximum atomic E-state index is 5.23. The van der Waals surface area contributed by atoms with Crippen LogP contribution in [0.15, 0.2) is 28.3 Å². The maximum Gasteiger partial charge on any atom is 0.129 e. The highest BCUT2D eigenvalue weighted by Gasteiger charge is 2.15. The summed E-state index contributed by atoms with van der Waals surface area (Å²) < 4.78 is 5.23. The molecule has 0 saturated carbocycles. The van der Waals surface area contributed by atoms with Crippen molar-refractivity contribution < 1.29 is 4.74 Å². The summed E-state index contributed by atoms with van der Waals surface area (Å²) in [7, 11) is 1.71. The van der Waals surface area contributed by atoms with Crippen LogP contribution in [-0.2, 0) is 0 Å². The van der Waals surface area contributed by atoms with E-state index in [9.17, 15) is 0 Å². The SMILES string of the molecule is CCNC(c1ccsc1)c1cc(OC)cs1. The lowest BCUT2D eigenvalue weighted by atomic mass is 10.1. The summed E-state index contributed by atoms with van der Waals surface area (Å²) >= 11 is 3.47. The zero-order valence-electron chi connectivity index (χ0n) is 9.40. The van der Waals surface area contributed by atoms with Crippen molar-refractivity contribution in [2.45, 2.75) is 13.0 Å². The fourth-order valence-electron chi connectivity index (χ4n) is 1.62. The molecule has 1 N–H and O–H groups in total. The second-order valence-corrected chi connectivity index (χ2v) is 5.16. The van der Waals surface area contributed by atoms with Gasteiger partial charge in [0.15, 0.2) is 0 Å². The molecule has 1 atom stereocenters. The molecule has 0 aliphatic heterocycles. The Morgan fingerprint density at radius 2 is 2.31 bits per heavy atom. The van der Waals surface area contributed by atoms with Crippen molar-refractivity contribution in [2.75, 3.05) is 13.7 Å². The van der Waals surface area contributed by atoms with Gasteiger partial charge in [0.1, 0.15) is 5.75 Å². The van der Waals surface area contributed by atoms with Gasteiger partial charge < -0.3 is 10.1 Å². The minimum Gasteiger partial charge on any atom is -0.496 e. The van der Waals surface area contributed by atoms with Gasteiger partial charge in [-0.25, -0.2) is 0 Å². The lowest BCUT2D eigenvalue weighted by Crippen LogP contribution is -2.20. The van der Waals surface area contributed by atoms with Crippen LogP contribution in [0.5, 0.6) is 5.75 Å². The van der Waals surface area contributed by atoms with Crippen LogP contribution in [0.3, 0.4) is 0 Å². The summed E-state index contributed by atoms with van der Waals surface area (Å²) in [5, 5.41) is 9.86. The third-order valence-electron chi connectivity index (χ3n) is 2.40. The van der Waals surface area contributed by atoms with E-state index in [1.807, 2.05) is 5.38 Å². The monoisotopic (exact) mass is 253 g/mol. The molecule has 4 heteroatoms. The zero-order valence-corrected chi connectivity index (χ0v) is 11.0. The van der Waals surface area contributed by atoms with Crippen LogP contribution in [0.25, 0.3) is 0 Å². The van der Waals surface area contributed by atoms with Gasteiger partial charge in [-0.3, -0.25) is 0 Å². The molecule has 0 aliphatic rings.